The first-order valence-electron chi connectivity index (χ1n) is 12.5. The van der Waals surface area contributed by atoms with Crippen molar-refractivity contribution in [2.45, 2.75) is 77.6 Å². The molecule has 3 unspecified atom stereocenters. The topological polar surface area (TPSA) is 128 Å². The van der Waals surface area contributed by atoms with Gasteiger partial charge < -0.3 is 25.6 Å². The van der Waals surface area contributed by atoms with E-state index in [0.29, 0.717) is 11.1 Å². The van der Waals surface area contributed by atoms with Gasteiger partial charge in [-0.1, -0.05) is 44.0 Å². The van der Waals surface area contributed by atoms with Crippen molar-refractivity contribution < 1.29 is 29.3 Å². The number of carbonyl (C=O) groups excluding carboxylic acids is 3. The van der Waals surface area contributed by atoms with Gasteiger partial charge in [-0.2, -0.15) is 0 Å². The summed E-state index contributed by atoms with van der Waals surface area (Å²) in [5.74, 6) is -1.17. The van der Waals surface area contributed by atoms with Gasteiger partial charge in [-0.15, -0.1) is 0 Å². The maximum absolute atomic E-state index is 13.9. The van der Waals surface area contributed by atoms with Crippen LogP contribution in [0.15, 0.2) is 48.5 Å². The van der Waals surface area contributed by atoms with Gasteiger partial charge in [0.05, 0.1) is 0 Å². The molecule has 204 valence electrons. The van der Waals surface area contributed by atoms with E-state index in [1.165, 1.54) is 36.4 Å². The molecule has 0 bridgehead atoms. The zero-order valence-electron chi connectivity index (χ0n) is 22.5. The third kappa shape index (κ3) is 9.04. The van der Waals surface area contributed by atoms with E-state index in [1.807, 2.05) is 13.8 Å². The summed E-state index contributed by atoms with van der Waals surface area (Å²) in [7, 11) is 0. The molecule has 0 aliphatic rings. The fourth-order valence-corrected chi connectivity index (χ4v) is 3.85. The van der Waals surface area contributed by atoms with Crippen molar-refractivity contribution in [2.24, 2.45) is 0 Å². The number of phenols is 2. The summed E-state index contributed by atoms with van der Waals surface area (Å²) in [5, 5.41) is 24.9. The van der Waals surface area contributed by atoms with Gasteiger partial charge in [-0.05, 0) is 69.5 Å². The molecular weight excluding hydrogens is 486 g/mol. The number of amides is 3. The van der Waals surface area contributed by atoms with Crippen molar-refractivity contribution >= 4 is 17.9 Å². The van der Waals surface area contributed by atoms with Crippen LogP contribution in [0.3, 0.4) is 0 Å². The highest BCUT2D eigenvalue weighted by atomic mass is 16.6. The summed E-state index contributed by atoms with van der Waals surface area (Å²) >= 11 is 0. The second-order valence-corrected chi connectivity index (χ2v) is 10.1. The van der Waals surface area contributed by atoms with Crippen LogP contribution >= 0.6 is 0 Å². The highest BCUT2D eigenvalue weighted by Crippen LogP contribution is 2.25. The molecule has 0 aromatic heterocycles. The SMILES string of the molecule is C#CN(C(=O)C(Cc1ccc(O)cc1)NC(=O)OC(C)(C)C)C(C(=O)NC(C)CCC)c1ccc(O)cc1. The maximum atomic E-state index is 13.9. The molecule has 0 spiro atoms. The predicted octanol–water partition coefficient (Wildman–Crippen LogP) is 4.00. The summed E-state index contributed by atoms with van der Waals surface area (Å²) in [4.78, 5) is 40.9. The van der Waals surface area contributed by atoms with Crippen LogP contribution in [-0.2, 0) is 20.7 Å². The van der Waals surface area contributed by atoms with Crippen LogP contribution in [0.4, 0.5) is 4.79 Å². The molecule has 2 rings (SSSR count). The molecule has 9 nitrogen and oxygen atoms in total. The molecule has 0 radical (unpaired) electrons. The third-order valence-electron chi connectivity index (χ3n) is 5.57. The number of hydrogen-bond acceptors (Lipinski definition) is 6. The lowest BCUT2D eigenvalue weighted by Gasteiger charge is -2.31. The first-order valence-corrected chi connectivity index (χ1v) is 12.5. The van der Waals surface area contributed by atoms with E-state index >= 15 is 0 Å². The van der Waals surface area contributed by atoms with E-state index in [1.54, 1.807) is 32.9 Å². The molecule has 9 heteroatoms. The molecule has 4 N–H and O–H groups in total. The Morgan fingerprint density at radius 3 is 2.05 bits per heavy atom. The Balaban J connectivity index is 2.47. The summed E-state index contributed by atoms with van der Waals surface area (Å²) in [6, 6.07) is 11.7. The number of carbonyl (C=O) groups is 3. The average Bonchev–Trinajstić information content (AvgIpc) is 2.82. The Kier molecular flexibility index (Phi) is 10.6. The number of aromatic hydroxyl groups is 2. The number of ether oxygens (including phenoxy) is 1. The molecule has 0 saturated carbocycles. The summed E-state index contributed by atoms with van der Waals surface area (Å²) in [6.45, 7) is 8.93. The smallest absolute Gasteiger partial charge is 0.408 e. The molecule has 2 aromatic carbocycles. The van der Waals surface area contributed by atoms with Gasteiger partial charge in [-0.25, -0.2) is 4.79 Å². The van der Waals surface area contributed by atoms with Gasteiger partial charge in [0.2, 0.25) is 5.91 Å². The summed E-state index contributed by atoms with van der Waals surface area (Å²) in [6.07, 6.45) is 6.57. The van der Waals surface area contributed by atoms with Crippen LogP contribution in [0.5, 0.6) is 11.5 Å². The molecular formula is C29H37N3O6. The Morgan fingerprint density at radius 1 is 1.00 bits per heavy atom. The number of rotatable bonds is 10. The second kappa shape index (κ2) is 13.4. The van der Waals surface area contributed by atoms with Gasteiger partial charge in [0, 0.05) is 18.5 Å². The largest absolute Gasteiger partial charge is 0.508 e. The van der Waals surface area contributed by atoms with Crippen LogP contribution in [-0.4, -0.2) is 50.7 Å². The number of alkyl carbamates (subject to hydrolysis) is 1. The molecule has 0 fully saturated rings. The van der Waals surface area contributed by atoms with Crippen molar-refractivity contribution in [1.82, 2.24) is 15.5 Å². The fraction of sp³-hybridized carbons (Fsp3) is 0.414. The standard InChI is InChI=1S/C29H37N3O6/c1-7-9-19(3)30-26(35)25(21-12-16-23(34)17-13-21)32(8-2)27(36)24(31-28(37)38-29(4,5)6)18-20-10-14-22(33)15-11-20/h2,10-17,19,24-25,33-34H,7,9,18H2,1,3-6H3,(H,30,35)(H,31,37). The Hall–Kier alpha value is -4.19. The van der Waals surface area contributed by atoms with Gasteiger partial charge in [-0.3, -0.25) is 14.5 Å². The number of benzene rings is 2. The van der Waals surface area contributed by atoms with Crippen molar-refractivity contribution in [1.29, 1.82) is 0 Å². The van der Waals surface area contributed by atoms with Crippen molar-refractivity contribution in [3.05, 3.63) is 59.7 Å². The monoisotopic (exact) mass is 523 g/mol. The molecule has 38 heavy (non-hydrogen) atoms. The number of hydrogen-bond donors (Lipinski definition) is 4. The predicted molar refractivity (Wildman–Crippen MR) is 144 cm³/mol. The molecule has 0 heterocycles. The van der Waals surface area contributed by atoms with Crippen LogP contribution in [0, 0.1) is 12.5 Å². The van der Waals surface area contributed by atoms with Gasteiger partial charge in [0.25, 0.3) is 5.91 Å². The lowest BCUT2D eigenvalue weighted by Crippen LogP contribution is -2.52. The molecule has 3 amide bonds. The zero-order valence-corrected chi connectivity index (χ0v) is 22.5. The summed E-state index contributed by atoms with van der Waals surface area (Å²) in [5.41, 5.74) is 0.207. The Labute approximate surface area is 224 Å². The number of terminal acetylenes is 1. The number of nitrogens with zero attached hydrogens (tertiary/aromatic N) is 1. The Bertz CT molecular complexity index is 1130. The van der Waals surface area contributed by atoms with Crippen LogP contribution in [0.25, 0.3) is 0 Å². The lowest BCUT2D eigenvalue weighted by molar-refractivity contribution is -0.138. The molecule has 0 aliphatic carbocycles. The highest BCUT2D eigenvalue weighted by molar-refractivity contribution is 5.93. The number of nitrogens with one attached hydrogen (secondary N) is 2. The van der Waals surface area contributed by atoms with E-state index in [0.717, 1.165) is 17.7 Å². The van der Waals surface area contributed by atoms with Crippen molar-refractivity contribution in [3.63, 3.8) is 0 Å². The zero-order chi connectivity index (χ0) is 28.5. The maximum Gasteiger partial charge on any atom is 0.408 e. The minimum atomic E-state index is -1.23. The molecule has 3 atom stereocenters. The van der Waals surface area contributed by atoms with Crippen molar-refractivity contribution in [3.8, 4) is 24.0 Å². The highest BCUT2D eigenvalue weighted by Gasteiger charge is 2.36. The first kappa shape index (κ1) is 30.0. The van der Waals surface area contributed by atoms with Crippen LogP contribution < -0.4 is 10.6 Å². The Morgan fingerprint density at radius 2 is 1.55 bits per heavy atom. The average molecular weight is 524 g/mol. The normalized spacial score (nSPS) is 13.4. The van der Waals surface area contributed by atoms with E-state index in [-0.39, 0.29) is 24.0 Å². The van der Waals surface area contributed by atoms with Crippen LogP contribution in [0.1, 0.15) is 64.6 Å². The molecule has 0 aliphatic heterocycles. The fourth-order valence-electron chi connectivity index (χ4n) is 3.85. The van der Waals surface area contributed by atoms with Crippen LogP contribution in [0.2, 0.25) is 0 Å². The van der Waals surface area contributed by atoms with E-state index in [4.69, 9.17) is 11.2 Å². The minimum absolute atomic E-state index is 0.0114. The molecule has 2 aromatic rings. The van der Waals surface area contributed by atoms with Gasteiger partial charge >= 0.3 is 6.09 Å². The first-order chi connectivity index (χ1) is 17.8. The van der Waals surface area contributed by atoms with E-state index in [9.17, 15) is 24.6 Å². The lowest BCUT2D eigenvalue weighted by atomic mass is 10.00. The van der Waals surface area contributed by atoms with E-state index < -0.39 is 35.6 Å². The quantitative estimate of drug-likeness (QED) is 0.275. The van der Waals surface area contributed by atoms with E-state index in [2.05, 4.69) is 16.7 Å². The number of phenolic OH excluding ortho intramolecular Hbond substituents is 2. The minimum Gasteiger partial charge on any atom is -0.508 e. The second-order valence-electron chi connectivity index (χ2n) is 10.1. The third-order valence-corrected chi connectivity index (χ3v) is 5.57. The van der Waals surface area contributed by atoms with Gasteiger partial charge in [0.15, 0.2) is 0 Å². The van der Waals surface area contributed by atoms with Crippen molar-refractivity contribution in [2.75, 3.05) is 0 Å². The van der Waals surface area contributed by atoms with Gasteiger partial charge in [0.1, 0.15) is 29.2 Å². The summed E-state index contributed by atoms with van der Waals surface area (Å²) < 4.78 is 5.35. The molecule has 0 saturated heterocycles.